The number of aliphatic carboxylic acids is 1. The highest BCUT2D eigenvalue weighted by molar-refractivity contribution is 7.15. The molecule has 0 radical (unpaired) electrons. The van der Waals surface area contributed by atoms with E-state index in [-0.39, 0.29) is 24.2 Å². The second-order valence-corrected chi connectivity index (χ2v) is 10.2. The molecule has 0 fully saturated rings. The Balaban J connectivity index is 1.83. The monoisotopic (exact) mass is 530 g/mol. The maximum absolute atomic E-state index is 13.1. The standard InChI is InChI=1S/C27H31ClN2O5S/c1-5-14-34-19-12-10-18(11-13-19)21(24(27(32)33)35-16(2)3)15-29-25(31)23-17(4)36-26(30-23)20-8-6-7-9-22(20)28/h6-13,16,21,24H,5,14-15H2,1-4H3,(H,29,31)(H,32,33). The van der Waals surface area contributed by atoms with Gasteiger partial charge < -0.3 is 19.9 Å². The molecule has 0 saturated heterocycles. The van der Waals surface area contributed by atoms with E-state index >= 15 is 0 Å². The van der Waals surface area contributed by atoms with Crippen molar-refractivity contribution in [2.75, 3.05) is 13.2 Å². The van der Waals surface area contributed by atoms with Gasteiger partial charge in [0, 0.05) is 22.9 Å². The van der Waals surface area contributed by atoms with E-state index in [9.17, 15) is 14.7 Å². The third-order valence-corrected chi connectivity index (χ3v) is 6.74. The number of carbonyl (C=O) groups excluding carboxylic acids is 1. The molecule has 1 aromatic heterocycles. The fourth-order valence-electron chi connectivity index (χ4n) is 3.69. The summed E-state index contributed by atoms with van der Waals surface area (Å²) in [5.74, 6) is -1.41. The number of amides is 1. The molecule has 1 heterocycles. The van der Waals surface area contributed by atoms with Crippen LogP contribution in [-0.4, -0.2) is 47.3 Å². The Bertz CT molecular complexity index is 1180. The summed E-state index contributed by atoms with van der Waals surface area (Å²) in [5.41, 5.74) is 1.76. The number of rotatable bonds is 12. The van der Waals surface area contributed by atoms with Crippen LogP contribution in [0.25, 0.3) is 10.6 Å². The van der Waals surface area contributed by atoms with Crippen LogP contribution in [0.5, 0.6) is 5.75 Å². The number of ether oxygens (including phenoxy) is 2. The molecule has 1 amide bonds. The highest BCUT2D eigenvalue weighted by atomic mass is 35.5. The van der Waals surface area contributed by atoms with E-state index in [1.165, 1.54) is 11.3 Å². The lowest BCUT2D eigenvalue weighted by Gasteiger charge is -2.26. The van der Waals surface area contributed by atoms with Crippen molar-refractivity contribution in [3.05, 3.63) is 69.7 Å². The van der Waals surface area contributed by atoms with Crippen molar-refractivity contribution < 1.29 is 24.2 Å². The van der Waals surface area contributed by atoms with Gasteiger partial charge in [0.25, 0.3) is 5.91 Å². The molecule has 3 rings (SSSR count). The van der Waals surface area contributed by atoms with Crippen LogP contribution in [0.3, 0.4) is 0 Å². The molecule has 0 aliphatic rings. The fourth-order valence-corrected chi connectivity index (χ4v) is 4.92. The summed E-state index contributed by atoms with van der Waals surface area (Å²) in [6.07, 6.45) is -0.577. The highest BCUT2D eigenvalue weighted by Gasteiger charge is 2.32. The highest BCUT2D eigenvalue weighted by Crippen LogP contribution is 2.33. The maximum atomic E-state index is 13.1. The summed E-state index contributed by atoms with van der Waals surface area (Å²) in [7, 11) is 0. The number of carboxylic acids is 1. The van der Waals surface area contributed by atoms with Gasteiger partial charge in [-0.15, -0.1) is 11.3 Å². The number of nitrogens with zero attached hydrogens (tertiary/aromatic N) is 1. The van der Waals surface area contributed by atoms with Gasteiger partial charge in [-0.05, 0) is 51.0 Å². The number of aromatic nitrogens is 1. The van der Waals surface area contributed by atoms with Crippen LogP contribution >= 0.6 is 22.9 Å². The molecule has 9 heteroatoms. The van der Waals surface area contributed by atoms with Gasteiger partial charge in [0.05, 0.1) is 17.7 Å². The molecule has 0 spiro atoms. The van der Waals surface area contributed by atoms with Crippen LogP contribution in [0.4, 0.5) is 0 Å². The molecule has 7 nitrogen and oxygen atoms in total. The van der Waals surface area contributed by atoms with Crippen LogP contribution in [-0.2, 0) is 9.53 Å². The molecule has 2 aromatic carbocycles. The first-order valence-corrected chi connectivity index (χ1v) is 13.0. The lowest BCUT2D eigenvalue weighted by molar-refractivity contribution is -0.155. The average molecular weight is 531 g/mol. The molecular weight excluding hydrogens is 500 g/mol. The van der Waals surface area contributed by atoms with Crippen LogP contribution in [0, 0.1) is 6.92 Å². The number of carboxylic acid groups (broad SMARTS) is 1. The first-order chi connectivity index (χ1) is 17.2. The Labute approximate surface area is 220 Å². The Morgan fingerprint density at radius 1 is 1.14 bits per heavy atom. The summed E-state index contributed by atoms with van der Waals surface area (Å²) >= 11 is 7.68. The van der Waals surface area contributed by atoms with E-state index in [0.29, 0.717) is 22.4 Å². The molecular formula is C27H31ClN2O5S. The molecule has 2 atom stereocenters. The minimum atomic E-state index is -1.15. The largest absolute Gasteiger partial charge is 0.494 e. The zero-order valence-electron chi connectivity index (χ0n) is 20.8. The van der Waals surface area contributed by atoms with Gasteiger partial charge in [-0.3, -0.25) is 4.79 Å². The van der Waals surface area contributed by atoms with Crippen LogP contribution in [0.15, 0.2) is 48.5 Å². The van der Waals surface area contributed by atoms with E-state index in [1.54, 1.807) is 32.0 Å². The van der Waals surface area contributed by atoms with E-state index in [0.717, 1.165) is 22.4 Å². The SMILES string of the molecule is CCCOc1ccc(C(CNC(=O)c2nc(-c3ccccc3Cl)sc2C)C(OC(C)C)C(=O)O)cc1. The predicted octanol–water partition coefficient (Wildman–Crippen LogP) is 5.95. The zero-order valence-corrected chi connectivity index (χ0v) is 22.4. The summed E-state index contributed by atoms with van der Waals surface area (Å²) in [6, 6.07) is 14.5. The Kier molecular flexibility index (Phi) is 9.87. The molecule has 192 valence electrons. The van der Waals surface area contributed by atoms with Gasteiger partial charge in [0.1, 0.15) is 16.5 Å². The first-order valence-electron chi connectivity index (χ1n) is 11.8. The Morgan fingerprint density at radius 3 is 2.44 bits per heavy atom. The zero-order chi connectivity index (χ0) is 26.2. The molecule has 0 aliphatic carbocycles. The lowest BCUT2D eigenvalue weighted by atomic mass is 9.92. The molecule has 2 unspecified atom stereocenters. The quantitative estimate of drug-likeness (QED) is 0.300. The van der Waals surface area contributed by atoms with E-state index in [4.69, 9.17) is 21.1 Å². The van der Waals surface area contributed by atoms with Crippen molar-refractivity contribution in [3.8, 4) is 16.3 Å². The van der Waals surface area contributed by atoms with Crippen molar-refractivity contribution in [1.29, 1.82) is 0 Å². The van der Waals surface area contributed by atoms with Gasteiger partial charge in [-0.1, -0.05) is 48.9 Å². The molecule has 3 aromatic rings. The first kappa shape index (κ1) is 27.6. The van der Waals surface area contributed by atoms with Gasteiger partial charge in [0.15, 0.2) is 6.10 Å². The van der Waals surface area contributed by atoms with Crippen LogP contribution in [0.2, 0.25) is 5.02 Å². The topological polar surface area (TPSA) is 97.8 Å². The summed E-state index contributed by atoms with van der Waals surface area (Å²) in [5, 5.41) is 14.0. The van der Waals surface area contributed by atoms with Gasteiger partial charge in [0.2, 0.25) is 0 Å². The normalized spacial score (nSPS) is 12.8. The molecule has 0 bridgehead atoms. The number of halogens is 1. The number of benzene rings is 2. The minimum absolute atomic E-state index is 0.0517. The second kappa shape index (κ2) is 12.9. The molecule has 36 heavy (non-hydrogen) atoms. The van der Waals surface area contributed by atoms with Gasteiger partial charge >= 0.3 is 5.97 Å². The smallest absolute Gasteiger partial charge is 0.333 e. The average Bonchev–Trinajstić information content (AvgIpc) is 3.24. The third-order valence-electron chi connectivity index (χ3n) is 5.41. The van der Waals surface area contributed by atoms with Crippen LogP contribution in [0.1, 0.15) is 54.0 Å². The Hall–Kier alpha value is -2.94. The number of hydrogen-bond acceptors (Lipinski definition) is 6. The summed E-state index contributed by atoms with van der Waals surface area (Å²) < 4.78 is 11.4. The fraction of sp³-hybridized carbons (Fsp3) is 0.370. The van der Waals surface area contributed by atoms with Gasteiger partial charge in [-0.25, -0.2) is 9.78 Å². The van der Waals surface area contributed by atoms with Crippen molar-refractivity contribution in [3.63, 3.8) is 0 Å². The van der Waals surface area contributed by atoms with Crippen LogP contribution < -0.4 is 10.1 Å². The predicted molar refractivity (Wildman–Crippen MR) is 142 cm³/mol. The van der Waals surface area contributed by atoms with Crippen molar-refractivity contribution >= 4 is 34.8 Å². The summed E-state index contributed by atoms with van der Waals surface area (Å²) in [6.45, 7) is 8.05. The number of nitrogens with one attached hydrogen (secondary N) is 1. The number of hydrogen-bond donors (Lipinski definition) is 2. The number of aryl methyl sites for hydroxylation is 1. The lowest BCUT2D eigenvalue weighted by Crippen LogP contribution is -2.40. The van der Waals surface area contributed by atoms with E-state index < -0.39 is 18.0 Å². The maximum Gasteiger partial charge on any atom is 0.333 e. The second-order valence-electron chi connectivity index (χ2n) is 8.58. The van der Waals surface area contributed by atoms with E-state index in [1.807, 2.05) is 44.2 Å². The van der Waals surface area contributed by atoms with Gasteiger partial charge in [-0.2, -0.15) is 0 Å². The summed E-state index contributed by atoms with van der Waals surface area (Å²) in [4.78, 5) is 30.5. The van der Waals surface area contributed by atoms with Crippen molar-refractivity contribution in [1.82, 2.24) is 10.3 Å². The van der Waals surface area contributed by atoms with Crippen molar-refractivity contribution in [2.24, 2.45) is 0 Å². The minimum Gasteiger partial charge on any atom is -0.494 e. The number of carbonyl (C=O) groups is 2. The number of thiazole rings is 1. The van der Waals surface area contributed by atoms with Crippen molar-refractivity contribution in [2.45, 2.75) is 52.2 Å². The molecule has 0 saturated carbocycles. The van der Waals surface area contributed by atoms with E-state index in [2.05, 4.69) is 10.3 Å². The molecule has 2 N–H and O–H groups in total. The Morgan fingerprint density at radius 2 is 1.83 bits per heavy atom. The third kappa shape index (κ3) is 7.06. The molecule has 0 aliphatic heterocycles.